The maximum atomic E-state index is 12.5. The highest BCUT2D eigenvalue weighted by Crippen LogP contribution is 2.31. The van der Waals surface area contributed by atoms with Gasteiger partial charge in [-0.25, -0.2) is 0 Å². The van der Waals surface area contributed by atoms with Crippen LogP contribution in [0.15, 0.2) is 24.3 Å². The summed E-state index contributed by atoms with van der Waals surface area (Å²) in [7, 11) is 0. The van der Waals surface area contributed by atoms with Gasteiger partial charge in [-0.15, -0.1) is 10.2 Å². The monoisotopic (exact) mass is 280 g/mol. The minimum atomic E-state index is -2.86. The summed E-state index contributed by atoms with van der Waals surface area (Å²) in [6.07, 6.45) is 0. The molecule has 0 bridgehead atoms. The quantitative estimate of drug-likeness (QED) is 0.936. The summed E-state index contributed by atoms with van der Waals surface area (Å²) in [5.41, 5.74) is 0.528. The van der Waals surface area contributed by atoms with Gasteiger partial charge in [-0.2, -0.15) is 8.78 Å². The second-order valence-electron chi connectivity index (χ2n) is 4.58. The fraction of sp³-hybridized carbons (Fsp3) is 0.385. The number of nitrogens with one attached hydrogen (secondary N) is 1. The van der Waals surface area contributed by atoms with Crippen molar-refractivity contribution in [3.8, 4) is 17.1 Å². The van der Waals surface area contributed by atoms with Gasteiger partial charge in [0, 0.05) is 13.1 Å². The molecule has 0 saturated carbocycles. The Morgan fingerprint density at radius 1 is 1.35 bits per heavy atom. The molecule has 0 radical (unpaired) electrons. The van der Waals surface area contributed by atoms with Crippen LogP contribution in [-0.4, -0.2) is 27.9 Å². The zero-order valence-corrected chi connectivity index (χ0v) is 10.9. The minimum absolute atomic E-state index is 0.0909. The number of fused-ring (bicyclic) bond motifs is 1. The van der Waals surface area contributed by atoms with E-state index in [1.165, 1.54) is 6.07 Å². The Labute approximate surface area is 114 Å². The molecule has 1 aliphatic rings. The van der Waals surface area contributed by atoms with Crippen molar-refractivity contribution in [3.63, 3.8) is 0 Å². The van der Waals surface area contributed by atoms with E-state index >= 15 is 0 Å². The predicted molar refractivity (Wildman–Crippen MR) is 68.5 cm³/mol. The zero-order chi connectivity index (χ0) is 14.1. The summed E-state index contributed by atoms with van der Waals surface area (Å²) in [5.74, 6) is 1.48. The van der Waals surface area contributed by atoms with Gasteiger partial charge in [0.1, 0.15) is 11.6 Å². The first-order chi connectivity index (χ1) is 9.66. The van der Waals surface area contributed by atoms with Crippen LogP contribution in [0.4, 0.5) is 8.78 Å². The average Bonchev–Trinajstić information content (AvgIpc) is 2.84. The molecule has 0 spiro atoms. The van der Waals surface area contributed by atoms with E-state index in [0.717, 1.165) is 12.4 Å². The molecular formula is C13H14F2N4O. The van der Waals surface area contributed by atoms with Crippen molar-refractivity contribution in [3.05, 3.63) is 30.1 Å². The predicted octanol–water partition coefficient (Wildman–Crippen LogP) is 2.21. The summed E-state index contributed by atoms with van der Waals surface area (Å²) in [6, 6.07) is 6.72. The number of alkyl halides is 2. The normalized spacial score (nSPS) is 18.1. The number of benzene rings is 1. The van der Waals surface area contributed by atoms with Crippen molar-refractivity contribution in [1.82, 2.24) is 20.1 Å². The summed E-state index contributed by atoms with van der Waals surface area (Å²) in [6.45, 7) is 0.619. The lowest BCUT2D eigenvalue weighted by atomic mass is 10.1. The van der Waals surface area contributed by atoms with Gasteiger partial charge in [0.2, 0.25) is 0 Å². The van der Waals surface area contributed by atoms with E-state index in [2.05, 4.69) is 20.3 Å². The first-order valence-electron chi connectivity index (χ1n) is 6.37. The molecule has 7 heteroatoms. The summed E-state index contributed by atoms with van der Waals surface area (Å²) in [5, 5.41) is 11.6. The van der Waals surface area contributed by atoms with Crippen LogP contribution in [0.5, 0.6) is 5.75 Å². The number of hydrogen-bond acceptors (Lipinski definition) is 4. The van der Waals surface area contributed by atoms with E-state index in [4.69, 9.17) is 0 Å². The molecule has 1 atom stereocenters. The molecule has 1 aliphatic heterocycles. The van der Waals surface area contributed by atoms with Crippen LogP contribution in [0.1, 0.15) is 18.8 Å². The topological polar surface area (TPSA) is 52.0 Å². The number of rotatable bonds is 3. The number of ether oxygens (including phenoxy) is 1. The van der Waals surface area contributed by atoms with Gasteiger partial charge in [0.25, 0.3) is 0 Å². The molecular weight excluding hydrogens is 266 g/mol. The number of para-hydroxylation sites is 1. The van der Waals surface area contributed by atoms with Crippen LogP contribution < -0.4 is 10.1 Å². The molecule has 2 heterocycles. The van der Waals surface area contributed by atoms with Gasteiger partial charge in [0.05, 0.1) is 11.6 Å². The van der Waals surface area contributed by atoms with E-state index < -0.39 is 6.61 Å². The standard InChI is InChI=1S/C13H14F2N4O/c1-8-11-17-18-12(19(11)7-6-16-8)9-4-2-3-5-10(9)20-13(14)15/h2-5,8,13,16H,6-7H2,1H3. The van der Waals surface area contributed by atoms with Crippen LogP contribution >= 0.6 is 0 Å². The Morgan fingerprint density at radius 3 is 2.95 bits per heavy atom. The van der Waals surface area contributed by atoms with Crippen molar-refractivity contribution in [2.75, 3.05) is 6.54 Å². The molecule has 5 nitrogen and oxygen atoms in total. The largest absolute Gasteiger partial charge is 0.434 e. The Hall–Kier alpha value is -2.02. The highest BCUT2D eigenvalue weighted by molar-refractivity contribution is 5.64. The van der Waals surface area contributed by atoms with Gasteiger partial charge in [0.15, 0.2) is 5.82 Å². The molecule has 0 amide bonds. The molecule has 3 rings (SSSR count). The minimum Gasteiger partial charge on any atom is -0.434 e. The van der Waals surface area contributed by atoms with Crippen LogP contribution in [0.25, 0.3) is 11.4 Å². The van der Waals surface area contributed by atoms with Crippen molar-refractivity contribution in [2.24, 2.45) is 0 Å². The zero-order valence-electron chi connectivity index (χ0n) is 10.9. The Kier molecular flexibility index (Phi) is 3.35. The van der Waals surface area contributed by atoms with Gasteiger partial charge in [-0.1, -0.05) is 12.1 Å². The first kappa shape index (κ1) is 13.0. The molecule has 106 valence electrons. The maximum Gasteiger partial charge on any atom is 0.387 e. The van der Waals surface area contributed by atoms with E-state index in [-0.39, 0.29) is 11.8 Å². The SMILES string of the molecule is CC1NCCn2c(-c3ccccc3OC(F)F)nnc21. The molecule has 0 saturated heterocycles. The lowest BCUT2D eigenvalue weighted by Crippen LogP contribution is -2.32. The van der Waals surface area contributed by atoms with Crippen molar-refractivity contribution in [2.45, 2.75) is 26.1 Å². The van der Waals surface area contributed by atoms with Crippen molar-refractivity contribution >= 4 is 0 Å². The summed E-state index contributed by atoms with van der Waals surface area (Å²) < 4.78 is 31.4. The lowest BCUT2D eigenvalue weighted by molar-refractivity contribution is -0.0494. The number of nitrogens with zero attached hydrogens (tertiary/aromatic N) is 3. The molecule has 0 aliphatic carbocycles. The highest BCUT2D eigenvalue weighted by atomic mass is 19.3. The fourth-order valence-corrected chi connectivity index (χ4v) is 2.39. The van der Waals surface area contributed by atoms with Crippen LogP contribution in [0.3, 0.4) is 0 Å². The Balaban J connectivity index is 2.06. The van der Waals surface area contributed by atoms with Gasteiger partial charge in [-0.3, -0.25) is 0 Å². The molecule has 0 fully saturated rings. The highest BCUT2D eigenvalue weighted by Gasteiger charge is 2.24. The number of halogens is 2. The number of hydrogen-bond donors (Lipinski definition) is 1. The van der Waals surface area contributed by atoms with Crippen LogP contribution in [0, 0.1) is 0 Å². The molecule has 1 aromatic heterocycles. The van der Waals surface area contributed by atoms with E-state index in [1.807, 2.05) is 11.5 Å². The van der Waals surface area contributed by atoms with Crippen LogP contribution in [-0.2, 0) is 6.54 Å². The van der Waals surface area contributed by atoms with E-state index in [0.29, 0.717) is 17.9 Å². The molecule has 1 unspecified atom stereocenters. The summed E-state index contributed by atoms with van der Waals surface area (Å²) >= 11 is 0. The van der Waals surface area contributed by atoms with Crippen molar-refractivity contribution in [1.29, 1.82) is 0 Å². The van der Waals surface area contributed by atoms with Gasteiger partial charge in [-0.05, 0) is 19.1 Å². The number of aromatic nitrogens is 3. The van der Waals surface area contributed by atoms with E-state index in [1.54, 1.807) is 18.2 Å². The molecule has 20 heavy (non-hydrogen) atoms. The van der Waals surface area contributed by atoms with Crippen molar-refractivity contribution < 1.29 is 13.5 Å². The fourth-order valence-electron chi connectivity index (χ4n) is 2.39. The van der Waals surface area contributed by atoms with Gasteiger partial charge >= 0.3 is 6.61 Å². The summed E-state index contributed by atoms with van der Waals surface area (Å²) in [4.78, 5) is 0. The average molecular weight is 280 g/mol. The second-order valence-corrected chi connectivity index (χ2v) is 4.58. The molecule has 2 aromatic rings. The third-order valence-electron chi connectivity index (χ3n) is 3.30. The van der Waals surface area contributed by atoms with E-state index in [9.17, 15) is 8.78 Å². The maximum absolute atomic E-state index is 12.5. The second kappa shape index (κ2) is 5.16. The Morgan fingerprint density at radius 2 is 2.15 bits per heavy atom. The smallest absolute Gasteiger partial charge is 0.387 e. The third kappa shape index (κ3) is 2.24. The molecule has 1 N–H and O–H groups in total. The lowest BCUT2D eigenvalue weighted by Gasteiger charge is -2.22. The molecule has 1 aromatic carbocycles. The van der Waals surface area contributed by atoms with Gasteiger partial charge < -0.3 is 14.6 Å². The first-order valence-corrected chi connectivity index (χ1v) is 6.37. The van der Waals surface area contributed by atoms with Crippen LogP contribution in [0.2, 0.25) is 0 Å². The Bertz CT molecular complexity index is 614. The third-order valence-corrected chi connectivity index (χ3v) is 3.30.